The van der Waals surface area contributed by atoms with Crippen molar-refractivity contribution in [3.05, 3.63) is 88.9 Å². The number of alkyl halides is 2. The van der Waals surface area contributed by atoms with E-state index in [9.17, 15) is 39.9 Å². The fourth-order valence-corrected chi connectivity index (χ4v) is 3.23. The number of benzene rings is 2. The van der Waals surface area contributed by atoms with Crippen LogP contribution in [0.25, 0.3) is 16.9 Å². The molecular formula is C22H9F8N3O2. The van der Waals surface area contributed by atoms with Gasteiger partial charge in [-0.2, -0.15) is 13.8 Å². The summed E-state index contributed by atoms with van der Waals surface area (Å²) in [6.07, 6.45) is -1.26. The number of nitrogens with zero attached hydrogens (tertiary/aromatic N) is 3. The second kappa shape index (κ2) is 9.16. The summed E-state index contributed by atoms with van der Waals surface area (Å²) in [5.74, 6) is -13.4. The van der Waals surface area contributed by atoms with E-state index in [1.54, 1.807) is 18.2 Å². The van der Waals surface area contributed by atoms with Crippen LogP contribution in [0.15, 0.2) is 53.7 Å². The predicted molar refractivity (Wildman–Crippen MR) is 106 cm³/mol. The topological polar surface area (TPSA) is 56.0 Å². The van der Waals surface area contributed by atoms with Crippen LogP contribution in [0.3, 0.4) is 0 Å². The smallest absolute Gasteiger partial charge is 0.390 e. The molecule has 0 spiro atoms. The summed E-state index contributed by atoms with van der Waals surface area (Å²) in [5.41, 5.74) is -2.81. The molecule has 0 aliphatic heterocycles. The molecule has 0 amide bonds. The van der Waals surface area contributed by atoms with Gasteiger partial charge in [0, 0.05) is 17.3 Å². The normalized spacial score (nSPS) is 12.0. The van der Waals surface area contributed by atoms with Gasteiger partial charge in [-0.05, 0) is 12.1 Å². The maximum atomic E-state index is 14.6. The van der Waals surface area contributed by atoms with E-state index in [1.807, 2.05) is 0 Å². The molecule has 180 valence electrons. The summed E-state index contributed by atoms with van der Waals surface area (Å²) < 4.78 is 113. The van der Waals surface area contributed by atoms with Gasteiger partial charge in [0.25, 0.3) is 0 Å². The molecule has 0 fully saturated rings. The Morgan fingerprint density at radius 1 is 0.857 bits per heavy atom. The lowest BCUT2D eigenvalue weighted by Gasteiger charge is -2.10. The highest BCUT2D eigenvalue weighted by molar-refractivity contribution is 6.09. The van der Waals surface area contributed by atoms with Crippen molar-refractivity contribution in [2.45, 2.75) is 6.61 Å². The molecule has 0 bridgehead atoms. The number of pyridine rings is 1. The molecule has 0 aliphatic carbocycles. The molecule has 0 saturated carbocycles. The van der Waals surface area contributed by atoms with Crippen LogP contribution in [0, 0.1) is 29.1 Å². The first-order valence-corrected chi connectivity index (χ1v) is 9.42. The molecule has 2 aromatic heterocycles. The van der Waals surface area contributed by atoms with E-state index in [2.05, 4.69) is 14.7 Å². The summed E-state index contributed by atoms with van der Waals surface area (Å²) >= 11 is 0. The molecule has 4 rings (SSSR count). The Balaban J connectivity index is 2.03. The van der Waals surface area contributed by atoms with Crippen LogP contribution in [0.2, 0.25) is 0 Å². The number of hydrogen-bond donors (Lipinski definition) is 0. The van der Waals surface area contributed by atoms with Crippen molar-refractivity contribution in [3.63, 3.8) is 0 Å². The number of aliphatic imine (C=N–C) groups is 1. The van der Waals surface area contributed by atoms with Crippen molar-refractivity contribution >= 4 is 23.4 Å². The SMILES string of the molecule is O=C(c1ccccc1)c1ccc2nc(N=C(F)OC(F)F)c(-c3c(F)c(F)c(F)c(F)c3F)n2c1. The van der Waals surface area contributed by atoms with Crippen molar-refractivity contribution in [1.82, 2.24) is 9.38 Å². The third-order valence-electron chi connectivity index (χ3n) is 4.73. The Labute approximate surface area is 189 Å². The van der Waals surface area contributed by atoms with E-state index in [0.29, 0.717) is 4.40 Å². The molecule has 0 unspecified atom stereocenters. The number of carbonyl (C=O) groups is 1. The van der Waals surface area contributed by atoms with E-state index in [-0.39, 0.29) is 16.8 Å². The molecule has 35 heavy (non-hydrogen) atoms. The summed E-state index contributed by atoms with van der Waals surface area (Å²) in [6.45, 7) is -3.68. The number of aromatic nitrogens is 2. The van der Waals surface area contributed by atoms with Crippen LogP contribution >= 0.6 is 0 Å². The van der Waals surface area contributed by atoms with Crippen molar-refractivity contribution in [1.29, 1.82) is 0 Å². The number of hydrogen-bond acceptors (Lipinski definition) is 4. The molecule has 4 aromatic rings. The fraction of sp³-hybridized carbons (Fsp3) is 0.0455. The minimum atomic E-state index is -3.68. The number of fused-ring (bicyclic) bond motifs is 1. The van der Waals surface area contributed by atoms with E-state index in [4.69, 9.17) is 0 Å². The fourth-order valence-electron chi connectivity index (χ4n) is 3.23. The molecule has 0 aliphatic rings. The lowest BCUT2D eigenvalue weighted by molar-refractivity contribution is -0.0688. The van der Waals surface area contributed by atoms with Gasteiger partial charge in [0.1, 0.15) is 11.3 Å². The third kappa shape index (κ3) is 4.32. The zero-order valence-corrected chi connectivity index (χ0v) is 16.9. The zero-order valence-electron chi connectivity index (χ0n) is 16.9. The highest BCUT2D eigenvalue weighted by atomic mass is 19.3. The third-order valence-corrected chi connectivity index (χ3v) is 4.73. The summed E-state index contributed by atoms with van der Waals surface area (Å²) in [7, 11) is 0. The van der Waals surface area contributed by atoms with E-state index in [1.165, 1.54) is 18.2 Å². The van der Waals surface area contributed by atoms with Crippen molar-refractivity contribution in [2.75, 3.05) is 0 Å². The summed E-state index contributed by atoms with van der Waals surface area (Å²) in [5, 5.41) is 0. The van der Waals surface area contributed by atoms with Gasteiger partial charge in [-0.25, -0.2) is 26.9 Å². The van der Waals surface area contributed by atoms with Gasteiger partial charge in [0.15, 0.2) is 34.9 Å². The number of imidazole rings is 1. The van der Waals surface area contributed by atoms with Crippen LogP contribution in [0.1, 0.15) is 15.9 Å². The molecule has 0 radical (unpaired) electrons. The second-order valence-electron chi connectivity index (χ2n) is 6.81. The summed E-state index contributed by atoms with van der Waals surface area (Å²) in [4.78, 5) is 19.5. The molecule has 13 heteroatoms. The first kappa shape index (κ1) is 23.9. The Kier molecular flexibility index (Phi) is 6.24. The summed E-state index contributed by atoms with van der Waals surface area (Å²) in [6, 6.07) is 9.99. The first-order chi connectivity index (χ1) is 16.6. The van der Waals surface area contributed by atoms with Gasteiger partial charge in [-0.3, -0.25) is 9.20 Å². The van der Waals surface area contributed by atoms with Gasteiger partial charge in [-0.1, -0.05) is 30.3 Å². The van der Waals surface area contributed by atoms with Crippen LogP contribution in [0.5, 0.6) is 0 Å². The number of ketones is 1. The highest BCUT2D eigenvalue weighted by Gasteiger charge is 2.31. The predicted octanol–water partition coefficient (Wildman–Crippen LogP) is 6.12. The van der Waals surface area contributed by atoms with E-state index in [0.717, 1.165) is 12.3 Å². The van der Waals surface area contributed by atoms with Gasteiger partial charge < -0.3 is 4.74 Å². The van der Waals surface area contributed by atoms with Gasteiger partial charge in [0.05, 0.1) is 5.56 Å². The first-order valence-electron chi connectivity index (χ1n) is 9.42. The average Bonchev–Trinajstić information content (AvgIpc) is 3.17. The maximum Gasteiger partial charge on any atom is 0.390 e. The number of carbonyl (C=O) groups excluding carboxylic acids is 1. The Hall–Kier alpha value is -4.29. The highest BCUT2D eigenvalue weighted by Crippen LogP contribution is 2.38. The number of halogens is 8. The lowest BCUT2D eigenvalue weighted by atomic mass is 10.0. The second-order valence-corrected chi connectivity index (χ2v) is 6.81. The van der Waals surface area contributed by atoms with Crippen LogP contribution in [0.4, 0.5) is 40.9 Å². The molecule has 0 atom stereocenters. The monoisotopic (exact) mass is 499 g/mol. The van der Waals surface area contributed by atoms with Gasteiger partial charge >= 0.3 is 12.8 Å². The number of ether oxygens (including phenoxy) is 1. The molecule has 0 saturated heterocycles. The average molecular weight is 499 g/mol. The largest absolute Gasteiger partial charge is 0.393 e. The molecule has 2 aromatic carbocycles. The Bertz CT molecular complexity index is 1460. The quantitative estimate of drug-likeness (QED) is 0.0830. The molecule has 2 heterocycles. The maximum absolute atomic E-state index is 14.6. The minimum Gasteiger partial charge on any atom is -0.393 e. The number of rotatable bonds is 5. The zero-order chi connectivity index (χ0) is 25.4. The molecule has 0 N–H and O–H groups in total. The minimum absolute atomic E-state index is 0.119. The van der Waals surface area contributed by atoms with Gasteiger partial charge in [-0.15, -0.1) is 4.39 Å². The molecule has 5 nitrogen and oxygen atoms in total. The molecular weight excluding hydrogens is 490 g/mol. The van der Waals surface area contributed by atoms with Crippen molar-refractivity contribution in [3.8, 4) is 11.3 Å². The van der Waals surface area contributed by atoms with Crippen LogP contribution < -0.4 is 0 Å². The van der Waals surface area contributed by atoms with Gasteiger partial charge in [0.2, 0.25) is 5.82 Å². The standard InChI is InChI=1S/C22H9F8N3O2/c23-13-12(14(24)16(26)17(27)15(13)25)18-20(32-22(30)35-21(28)29)31-11-7-6-10(8-33(11)18)19(34)9-4-2-1-3-5-9/h1-8,21H. The van der Waals surface area contributed by atoms with E-state index < -0.39 is 64.7 Å². The van der Waals surface area contributed by atoms with Crippen LogP contribution in [-0.4, -0.2) is 27.9 Å². The Morgan fingerprint density at radius 3 is 2.06 bits per heavy atom. The lowest BCUT2D eigenvalue weighted by Crippen LogP contribution is -2.07. The van der Waals surface area contributed by atoms with E-state index >= 15 is 0 Å². The van der Waals surface area contributed by atoms with Crippen molar-refractivity contribution < 1.29 is 44.7 Å². The van der Waals surface area contributed by atoms with Crippen molar-refractivity contribution in [2.24, 2.45) is 4.99 Å². The Morgan fingerprint density at radius 2 is 1.46 bits per heavy atom. The van der Waals surface area contributed by atoms with Crippen LogP contribution in [-0.2, 0) is 4.74 Å².